The highest BCUT2D eigenvalue weighted by atomic mass is 35.5. The van der Waals surface area contributed by atoms with Gasteiger partial charge in [-0.3, -0.25) is 4.79 Å². The molecule has 1 amide bonds. The van der Waals surface area contributed by atoms with Crippen molar-refractivity contribution in [1.82, 2.24) is 5.32 Å². The lowest BCUT2D eigenvalue weighted by molar-refractivity contribution is 0.0949. The van der Waals surface area contributed by atoms with E-state index in [1.54, 1.807) is 31.4 Å². The Bertz CT molecular complexity index is 337. The first-order valence-electron chi connectivity index (χ1n) is 5.15. The van der Waals surface area contributed by atoms with E-state index in [1.165, 1.54) is 0 Å². The zero-order valence-corrected chi connectivity index (χ0v) is 10.3. The Morgan fingerprint density at radius 3 is 2.56 bits per heavy atom. The number of hydrogen-bond donors (Lipinski definition) is 1. The van der Waals surface area contributed by atoms with Crippen LogP contribution in [-0.2, 0) is 0 Å². The van der Waals surface area contributed by atoms with E-state index in [9.17, 15) is 4.79 Å². The fourth-order valence-corrected chi connectivity index (χ4v) is 1.28. The van der Waals surface area contributed by atoms with Gasteiger partial charge in [0.05, 0.1) is 7.11 Å². The van der Waals surface area contributed by atoms with Crippen molar-refractivity contribution in [3.63, 3.8) is 0 Å². The highest BCUT2D eigenvalue weighted by molar-refractivity contribution is 6.18. The average Bonchev–Trinajstić information content (AvgIpc) is 2.35. The molecule has 1 aromatic rings. The summed E-state index contributed by atoms with van der Waals surface area (Å²) >= 11 is 5.65. The Morgan fingerprint density at radius 1 is 1.44 bits per heavy atom. The maximum Gasteiger partial charge on any atom is 0.251 e. The molecule has 0 aliphatic heterocycles. The number of hydrogen-bond acceptors (Lipinski definition) is 2. The zero-order valence-electron chi connectivity index (χ0n) is 9.50. The molecule has 0 heterocycles. The van der Waals surface area contributed by atoms with Gasteiger partial charge >= 0.3 is 0 Å². The van der Waals surface area contributed by atoms with E-state index in [-0.39, 0.29) is 11.8 Å². The van der Waals surface area contributed by atoms with Crippen LogP contribution in [0.3, 0.4) is 0 Å². The molecule has 0 aliphatic carbocycles. The molecule has 0 saturated carbocycles. The average molecular weight is 242 g/mol. The second kappa shape index (κ2) is 6.38. The fraction of sp³-hybridized carbons (Fsp3) is 0.417. The first-order valence-corrected chi connectivity index (χ1v) is 5.69. The third kappa shape index (κ3) is 3.74. The van der Waals surface area contributed by atoms with Crippen LogP contribution >= 0.6 is 11.6 Å². The van der Waals surface area contributed by atoms with Gasteiger partial charge in [0.2, 0.25) is 0 Å². The van der Waals surface area contributed by atoms with Crippen LogP contribution in [0.1, 0.15) is 17.3 Å². The van der Waals surface area contributed by atoms with Crippen molar-refractivity contribution in [2.45, 2.75) is 6.92 Å². The van der Waals surface area contributed by atoms with Crippen molar-refractivity contribution in [2.24, 2.45) is 5.92 Å². The second-order valence-electron chi connectivity index (χ2n) is 3.70. The van der Waals surface area contributed by atoms with Crippen molar-refractivity contribution in [2.75, 3.05) is 19.5 Å². The normalized spacial score (nSPS) is 11.9. The summed E-state index contributed by atoms with van der Waals surface area (Å²) in [5.74, 6) is 1.48. The second-order valence-corrected chi connectivity index (χ2v) is 4.01. The third-order valence-corrected chi connectivity index (χ3v) is 2.75. The first kappa shape index (κ1) is 12.8. The fourth-order valence-electron chi connectivity index (χ4n) is 1.17. The highest BCUT2D eigenvalue weighted by Gasteiger charge is 2.07. The van der Waals surface area contributed by atoms with Crippen LogP contribution in [0.2, 0.25) is 0 Å². The van der Waals surface area contributed by atoms with Crippen LogP contribution < -0.4 is 10.1 Å². The molecule has 0 aromatic heterocycles. The summed E-state index contributed by atoms with van der Waals surface area (Å²) in [6, 6.07) is 7.00. The molecule has 0 aliphatic rings. The highest BCUT2D eigenvalue weighted by Crippen LogP contribution is 2.11. The largest absolute Gasteiger partial charge is 0.497 e. The van der Waals surface area contributed by atoms with Gasteiger partial charge in [0, 0.05) is 18.0 Å². The summed E-state index contributed by atoms with van der Waals surface area (Å²) in [7, 11) is 1.59. The monoisotopic (exact) mass is 241 g/mol. The number of nitrogens with one attached hydrogen (secondary N) is 1. The molecule has 3 nitrogen and oxygen atoms in total. The number of alkyl halides is 1. The van der Waals surface area contributed by atoms with E-state index in [2.05, 4.69) is 5.32 Å². The predicted octanol–water partition coefficient (Wildman–Crippen LogP) is 2.30. The minimum atomic E-state index is -0.0837. The summed E-state index contributed by atoms with van der Waals surface area (Å²) in [5, 5.41) is 2.82. The molecule has 88 valence electrons. The van der Waals surface area contributed by atoms with Gasteiger partial charge in [-0.05, 0) is 30.2 Å². The van der Waals surface area contributed by atoms with Gasteiger partial charge in [0.1, 0.15) is 5.75 Å². The minimum Gasteiger partial charge on any atom is -0.497 e. The van der Waals surface area contributed by atoms with Gasteiger partial charge in [-0.2, -0.15) is 0 Å². The maximum atomic E-state index is 11.7. The van der Waals surface area contributed by atoms with Crippen molar-refractivity contribution >= 4 is 17.5 Å². The van der Waals surface area contributed by atoms with Gasteiger partial charge in [-0.15, -0.1) is 11.6 Å². The quantitative estimate of drug-likeness (QED) is 0.804. The maximum absolute atomic E-state index is 11.7. The Hall–Kier alpha value is -1.22. The lowest BCUT2D eigenvalue weighted by Gasteiger charge is -2.09. The third-order valence-electron chi connectivity index (χ3n) is 2.23. The number of halogens is 1. The van der Waals surface area contributed by atoms with Crippen LogP contribution in [0.15, 0.2) is 24.3 Å². The summed E-state index contributed by atoms with van der Waals surface area (Å²) in [6.07, 6.45) is 0. The molecule has 1 aromatic carbocycles. The molecule has 0 bridgehead atoms. The minimum absolute atomic E-state index is 0.0837. The lowest BCUT2D eigenvalue weighted by atomic mass is 10.2. The van der Waals surface area contributed by atoms with E-state index in [0.29, 0.717) is 18.0 Å². The first-order chi connectivity index (χ1) is 7.67. The molecular formula is C12H16ClNO2. The number of carbonyl (C=O) groups is 1. The molecule has 0 radical (unpaired) electrons. The molecule has 16 heavy (non-hydrogen) atoms. The topological polar surface area (TPSA) is 38.3 Å². The van der Waals surface area contributed by atoms with Gasteiger partial charge in [-0.1, -0.05) is 6.92 Å². The lowest BCUT2D eigenvalue weighted by Crippen LogP contribution is -2.28. The van der Waals surface area contributed by atoms with Crippen molar-refractivity contribution < 1.29 is 9.53 Å². The van der Waals surface area contributed by atoms with Crippen LogP contribution in [0.5, 0.6) is 5.75 Å². The predicted molar refractivity (Wildman–Crippen MR) is 65.2 cm³/mol. The van der Waals surface area contributed by atoms with E-state index in [0.717, 1.165) is 5.75 Å². The number of methoxy groups -OCH3 is 1. The molecular weight excluding hydrogens is 226 g/mol. The Balaban J connectivity index is 2.52. The molecule has 4 heteroatoms. The number of rotatable bonds is 5. The van der Waals surface area contributed by atoms with Crippen molar-refractivity contribution in [1.29, 1.82) is 0 Å². The van der Waals surface area contributed by atoms with Crippen LogP contribution in [0.4, 0.5) is 0 Å². The molecule has 0 saturated heterocycles. The molecule has 0 fully saturated rings. The summed E-state index contributed by atoms with van der Waals surface area (Å²) in [5.41, 5.74) is 0.627. The Morgan fingerprint density at radius 2 is 2.06 bits per heavy atom. The molecule has 1 atom stereocenters. The zero-order chi connectivity index (χ0) is 12.0. The van der Waals surface area contributed by atoms with E-state index in [4.69, 9.17) is 16.3 Å². The van der Waals surface area contributed by atoms with Crippen molar-refractivity contribution in [3.8, 4) is 5.75 Å². The van der Waals surface area contributed by atoms with Gasteiger partial charge in [0.15, 0.2) is 0 Å². The Labute approximate surface area is 101 Å². The van der Waals surface area contributed by atoms with E-state index in [1.807, 2.05) is 6.92 Å². The number of amides is 1. The van der Waals surface area contributed by atoms with Crippen molar-refractivity contribution in [3.05, 3.63) is 29.8 Å². The standard InChI is InChI=1S/C12H16ClNO2/c1-9(7-13)8-14-12(15)10-3-5-11(16-2)6-4-10/h3-6,9H,7-8H2,1-2H3,(H,14,15). The molecule has 1 N–H and O–H groups in total. The molecule has 1 unspecified atom stereocenters. The molecule has 0 spiro atoms. The molecule has 1 rings (SSSR count). The van der Waals surface area contributed by atoms with E-state index >= 15 is 0 Å². The van der Waals surface area contributed by atoms with E-state index < -0.39 is 0 Å². The number of ether oxygens (including phenoxy) is 1. The van der Waals surface area contributed by atoms with Gasteiger partial charge in [0.25, 0.3) is 5.91 Å². The smallest absolute Gasteiger partial charge is 0.251 e. The van der Waals surface area contributed by atoms with Crippen LogP contribution in [0.25, 0.3) is 0 Å². The van der Waals surface area contributed by atoms with Crippen LogP contribution in [-0.4, -0.2) is 25.4 Å². The van der Waals surface area contributed by atoms with Gasteiger partial charge < -0.3 is 10.1 Å². The number of carbonyl (C=O) groups excluding carboxylic acids is 1. The van der Waals surface area contributed by atoms with Gasteiger partial charge in [-0.25, -0.2) is 0 Å². The Kier molecular flexibility index (Phi) is 5.12. The summed E-state index contributed by atoms with van der Waals surface area (Å²) in [6.45, 7) is 2.58. The number of benzene rings is 1. The van der Waals surface area contributed by atoms with Crippen LogP contribution in [0, 0.1) is 5.92 Å². The summed E-state index contributed by atoms with van der Waals surface area (Å²) in [4.78, 5) is 11.7. The SMILES string of the molecule is COc1ccc(C(=O)NCC(C)CCl)cc1. The summed E-state index contributed by atoms with van der Waals surface area (Å²) < 4.78 is 5.02.